The maximum atomic E-state index is 15.1. The van der Waals surface area contributed by atoms with Gasteiger partial charge in [-0.25, -0.2) is 14.4 Å². The summed E-state index contributed by atoms with van der Waals surface area (Å²) >= 11 is 0. The number of hydrogen-bond donors (Lipinski definition) is 4. The van der Waals surface area contributed by atoms with Crippen molar-refractivity contribution in [3.05, 3.63) is 101 Å². The molecule has 5 aliphatic heterocycles. The molecule has 9 rings (SSSR count). The summed E-state index contributed by atoms with van der Waals surface area (Å²) in [6, 6.07) is 18.7. The highest BCUT2D eigenvalue weighted by molar-refractivity contribution is 6.23. The number of para-hydroxylation sites is 1. The van der Waals surface area contributed by atoms with E-state index in [4.69, 9.17) is 15.9 Å². The fourth-order valence-electron chi connectivity index (χ4n) is 9.03. The van der Waals surface area contributed by atoms with Crippen molar-refractivity contribution in [3.63, 3.8) is 0 Å². The molecule has 0 aliphatic carbocycles. The number of nitrogens with one attached hydrogen (secondary N) is 3. The number of nitrogens with zero attached hydrogens (tertiary/aromatic N) is 6. The average molecular weight is 801 g/mol. The van der Waals surface area contributed by atoms with Crippen LogP contribution < -0.4 is 26.0 Å². The van der Waals surface area contributed by atoms with E-state index in [1.54, 1.807) is 30.3 Å². The first-order valence-corrected chi connectivity index (χ1v) is 20.2. The van der Waals surface area contributed by atoms with Gasteiger partial charge in [-0.3, -0.25) is 39.7 Å². The molecule has 4 saturated heterocycles. The van der Waals surface area contributed by atoms with Gasteiger partial charge in [0.25, 0.3) is 11.8 Å². The van der Waals surface area contributed by atoms with Crippen LogP contribution in [-0.4, -0.2) is 117 Å². The summed E-state index contributed by atoms with van der Waals surface area (Å²) in [5, 5.41) is 14.7. The topological polar surface area (TPSA) is 190 Å². The third-order valence-electron chi connectivity index (χ3n) is 12.4. The van der Waals surface area contributed by atoms with Crippen LogP contribution >= 0.6 is 0 Å². The van der Waals surface area contributed by atoms with Gasteiger partial charge in [0.2, 0.25) is 11.8 Å². The van der Waals surface area contributed by atoms with E-state index in [9.17, 15) is 19.2 Å². The van der Waals surface area contributed by atoms with Crippen molar-refractivity contribution in [3.8, 4) is 11.5 Å². The number of piperidine rings is 3. The zero-order valence-electron chi connectivity index (χ0n) is 32.4. The van der Waals surface area contributed by atoms with Crippen LogP contribution in [0.5, 0.6) is 11.5 Å². The van der Waals surface area contributed by atoms with Crippen LogP contribution in [0.4, 0.5) is 21.7 Å². The summed E-state index contributed by atoms with van der Waals surface area (Å²) in [6.07, 6.45) is 5.55. The highest BCUT2D eigenvalue weighted by Crippen LogP contribution is 2.34. The molecular formula is C43H45FN10O5. The number of anilines is 3. The Morgan fingerprint density at radius 1 is 0.831 bits per heavy atom. The van der Waals surface area contributed by atoms with E-state index < -0.39 is 35.5 Å². The zero-order valence-corrected chi connectivity index (χ0v) is 32.4. The lowest BCUT2D eigenvalue weighted by molar-refractivity contribution is -0.136. The molecule has 59 heavy (non-hydrogen) atoms. The quantitative estimate of drug-likeness (QED) is 0.133. The molecule has 4 fully saturated rings. The standard InChI is InChI=1S/C43H45FN10O5/c44-33-20-25(6-10-35(33)59-30-4-2-1-3-5-30)38(45)37-39(46)47-24-48-40(37)49-26-12-16-51(17-13-26)27-14-18-52(19-15-27)29-22-53(23-29)28-7-8-31-32(21-28)43(58)54(42(31)57)34-9-11-36(55)50-41(34)56/h1-8,10,20-21,24,26-27,29,34,45H,9,11-19,22-23H2,(H,50,55,56)(H3,46,47,48,49). The van der Waals surface area contributed by atoms with E-state index in [1.165, 1.54) is 18.5 Å². The van der Waals surface area contributed by atoms with Crippen molar-refractivity contribution in [1.29, 1.82) is 5.41 Å². The molecule has 1 aromatic heterocycles. The smallest absolute Gasteiger partial charge is 0.262 e. The summed E-state index contributed by atoms with van der Waals surface area (Å²) in [4.78, 5) is 67.5. The summed E-state index contributed by atoms with van der Waals surface area (Å²) in [5.74, 6) is -1.41. The van der Waals surface area contributed by atoms with Crippen LogP contribution in [0.1, 0.15) is 70.4 Å². The Balaban J connectivity index is 0.747. The molecule has 0 spiro atoms. The van der Waals surface area contributed by atoms with Crippen LogP contribution in [0.3, 0.4) is 0 Å². The largest absolute Gasteiger partial charge is 0.454 e. The van der Waals surface area contributed by atoms with Gasteiger partial charge >= 0.3 is 0 Å². The molecule has 16 heteroatoms. The molecule has 4 aromatic rings. The number of rotatable bonds is 10. The molecular weight excluding hydrogens is 756 g/mol. The Hall–Kier alpha value is -6.26. The monoisotopic (exact) mass is 800 g/mol. The summed E-state index contributed by atoms with van der Waals surface area (Å²) < 4.78 is 20.8. The predicted octanol–water partition coefficient (Wildman–Crippen LogP) is 4.04. The number of nitrogen functional groups attached to an aromatic ring is 1. The Labute approximate surface area is 340 Å². The van der Waals surface area contributed by atoms with Crippen LogP contribution in [0.25, 0.3) is 0 Å². The third-order valence-corrected chi connectivity index (χ3v) is 12.4. The van der Waals surface area contributed by atoms with Crippen molar-refractivity contribution in [1.82, 2.24) is 30.0 Å². The molecule has 0 bridgehead atoms. The Bertz CT molecular complexity index is 2320. The minimum absolute atomic E-state index is 0.0202. The number of likely N-dealkylation sites (tertiary alicyclic amines) is 2. The number of amides is 4. The van der Waals surface area contributed by atoms with Gasteiger partial charge in [0.15, 0.2) is 11.6 Å². The average Bonchev–Trinajstić information content (AvgIpc) is 3.47. The van der Waals surface area contributed by atoms with Gasteiger partial charge in [-0.15, -0.1) is 0 Å². The van der Waals surface area contributed by atoms with Crippen LogP contribution in [0.15, 0.2) is 73.1 Å². The van der Waals surface area contributed by atoms with Crippen molar-refractivity contribution >= 4 is 46.7 Å². The summed E-state index contributed by atoms with van der Waals surface area (Å²) in [5.41, 5.74) is 8.45. The second kappa shape index (κ2) is 15.8. The van der Waals surface area contributed by atoms with Crippen molar-refractivity contribution in [2.24, 2.45) is 0 Å². The highest BCUT2D eigenvalue weighted by atomic mass is 19.1. The van der Waals surface area contributed by atoms with Crippen molar-refractivity contribution < 1.29 is 28.3 Å². The normalized spacial score (nSPS) is 21.0. The molecule has 1 atom stereocenters. The lowest BCUT2D eigenvalue weighted by Gasteiger charge is -2.50. The first-order valence-electron chi connectivity index (χ1n) is 20.2. The van der Waals surface area contributed by atoms with Gasteiger partial charge in [0, 0.05) is 75.1 Å². The highest BCUT2D eigenvalue weighted by Gasteiger charge is 2.45. The maximum Gasteiger partial charge on any atom is 0.262 e. The molecule has 0 saturated carbocycles. The van der Waals surface area contributed by atoms with E-state index in [-0.39, 0.29) is 41.7 Å². The lowest BCUT2D eigenvalue weighted by atomic mass is 9.95. The molecule has 6 heterocycles. The second-order valence-corrected chi connectivity index (χ2v) is 15.9. The number of nitrogens with two attached hydrogens (primary N) is 1. The maximum absolute atomic E-state index is 15.1. The number of imide groups is 2. The van der Waals surface area contributed by atoms with E-state index in [1.807, 2.05) is 24.3 Å². The molecule has 5 aliphatic rings. The first kappa shape index (κ1) is 38.3. The second-order valence-electron chi connectivity index (χ2n) is 15.9. The van der Waals surface area contributed by atoms with E-state index in [2.05, 4.69) is 35.3 Å². The Morgan fingerprint density at radius 3 is 2.27 bits per heavy atom. The fraction of sp³-hybridized carbons (Fsp3) is 0.372. The summed E-state index contributed by atoms with van der Waals surface area (Å²) in [6.45, 7) is 5.53. The lowest BCUT2D eigenvalue weighted by Crippen LogP contribution is -2.62. The molecule has 5 N–H and O–H groups in total. The Morgan fingerprint density at radius 2 is 1.54 bits per heavy atom. The van der Waals surface area contributed by atoms with Crippen LogP contribution in [0, 0.1) is 11.2 Å². The number of carbonyl (C=O) groups excluding carboxylic acids is 4. The predicted molar refractivity (Wildman–Crippen MR) is 217 cm³/mol. The minimum Gasteiger partial charge on any atom is -0.454 e. The van der Waals surface area contributed by atoms with Gasteiger partial charge in [0.1, 0.15) is 29.8 Å². The first-order chi connectivity index (χ1) is 28.6. The van der Waals surface area contributed by atoms with Crippen LogP contribution in [-0.2, 0) is 9.59 Å². The number of benzene rings is 3. The number of halogens is 1. The van der Waals surface area contributed by atoms with Gasteiger partial charge in [-0.05, 0) is 80.6 Å². The van der Waals surface area contributed by atoms with E-state index >= 15 is 4.39 Å². The van der Waals surface area contributed by atoms with Gasteiger partial charge in [-0.2, -0.15) is 0 Å². The number of aromatic nitrogens is 2. The number of carbonyl (C=O) groups is 4. The third kappa shape index (κ3) is 7.49. The van der Waals surface area contributed by atoms with Crippen LogP contribution in [0.2, 0.25) is 0 Å². The number of fused-ring (bicyclic) bond motifs is 1. The molecule has 304 valence electrons. The molecule has 0 radical (unpaired) electrons. The summed E-state index contributed by atoms with van der Waals surface area (Å²) in [7, 11) is 0. The number of ether oxygens (including phenoxy) is 1. The SMILES string of the molecule is N=C(c1ccc(Oc2ccccc2)c(F)c1)c1c(N)ncnc1NC1CCN(C2CCN(C3CN(c4ccc5c(c4)C(=O)N(C4CCC(=O)NC4=O)C5=O)C3)CC2)CC1. The molecule has 15 nitrogen and oxygen atoms in total. The van der Waals surface area contributed by atoms with E-state index in [0.717, 1.165) is 75.5 Å². The molecule has 4 amide bonds. The zero-order chi connectivity index (χ0) is 40.8. The van der Waals surface area contributed by atoms with Crippen molar-refractivity contribution in [2.75, 3.05) is 55.2 Å². The van der Waals surface area contributed by atoms with Gasteiger partial charge in [-0.1, -0.05) is 18.2 Å². The van der Waals surface area contributed by atoms with Crippen molar-refractivity contribution in [2.45, 2.75) is 62.7 Å². The number of hydrogen-bond acceptors (Lipinski definition) is 13. The van der Waals surface area contributed by atoms with E-state index in [0.29, 0.717) is 40.3 Å². The van der Waals surface area contributed by atoms with Gasteiger partial charge in [0.05, 0.1) is 22.4 Å². The minimum atomic E-state index is -0.978. The molecule has 3 aromatic carbocycles. The fourth-order valence-corrected chi connectivity index (χ4v) is 9.03. The van der Waals surface area contributed by atoms with Gasteiger partial charge < -0.3 is 25.6 Å². The Kier molecular flexibility index (Phi) is 10.3. The molecule has 1 unspecified atom stereocenters.